The number of nitrogens with one attached hydrogen (secondary N) is 1. The maximum atomic E-state index is 12.3. The van der Waals surface area contributed by atoms with Crippen LogP contribution in [0.2, 0.25) is 0 Å². The van der Waals surface area contributed by atoms with Crippen molar-refractivity contribution in [1.82, 2.24) is 4.90 Å². The number of carboxylic acid groups (broad SMARTS) is 1. The van der Waals surface area contributed by atoms with Gasteiger partial charge >= 0.3 is 5.97 Å². The molecule has 0 fully saturated rings. The van der Waals surface area contributed by atoms with E-state index in [1.807, 2.05) is 32.0 Å². The molecule has 0 saturated heterocycles. The lowest BCUT2D eigenvalue weighted by Gasteiger charge is -2.18. The molecule has 2 rings (SSSR count). The first-order valence-electron chi connectivity index (χ1n) is 8.71. The van der Waals surface area contributed by atoms with Crippen molar-refractivity contribution in [2.75, 3.05) is 18.9 Å². The van der Waals surface area contributed by atoms with Crippen LogP contribution in [-0.4, -0.2) is 41.4 Å². The Bertz CT molecular complexity index is 861. The van der Waals surface area contributed by atoms with E-state index in [0.717, 1.165) is 16.8 Å². The average Bonchev–Trinajstić information content (AvgIpc) is 2.63. The van der Waals surface area contributed by atoms with Crippen LogP contribution in [0.25, 0.3) is 0 Å². The maximum Gasteiger partial charge on any atom is 0.335 e. The van der Waals surface area contributed by atoms with Crippen LogP contribution in [0.1, 0.15) is 33.5 Å². The minimum atomic E-state index is -1.01. The van der Waals surface area contributed by atoms with Crippen molar-refractivity contribution in [2.24, 2.45) is 0 Å². The number of hydrogen-bond acceptors (Lipinski definition) is 3. The zero-order valence-corrected chi connectivity index (χ0v) is 15.8. The molecule has 0 aliphatic rings. The standard InChI is InChI=1S/C21H24N2O4/c1-14-7-6-10-18(15(14)2)22-19(24)13-23(3)20(25)12-11-16-8-4-5-9-17(16)21(26)27/h4-10H,11-13H2,1-3H3,(H,22,24)(H,26,27). The highest BCUT2D eigenvalue weighted by Crippen LogP contribution is 2.18. The molecule has 0 saturated carbocycles. The number of hydrogen-bond donors (Lipinski definition) is 2. The number of aryl methyl sites for hydroxylation is 2. The highest BCUT2D eigenvalue weighted by Gasteiger charge is 2.16. The van der Waals surface area contributed by atoms with Gasteiger partial charge in [0.05, 0.1) is 12.1 Å². The summed E-state index contributed by atoms with van der Waals surface area (Å²) in [6.45, 7) is 3.84. The molecule has 2 N–H and O–H groups in total. The van der Waals surface area contributed by atoms with E-state index in [-0.39, 0.29) is 30.3 Å². The fourth-order valence-electron chi connectivity index (χ4n) is 2.76. The zero-order chi connectivity index (χ0) is 20.0. The Morgan fingerprint density at radius 1 is 1.04 bits per heavy atom. The molecule has 2 amide bonds. The van der Waals surface area contributed by atoms with Gasteiger partial charge in [-0.05, 0) is 49.1 Å². The molecule has 0 heterocycles. The Hall–Kier alpha value is -3.15. The molecule has 0 aliphatic heterocycles. The van der Waals surface area contributed by atoms with Crippen LogP contribution in [0, 0.1) is 13.8 Å². The van der Waals surface area contributed by atoms with Gasteiger partial charge < -0.3 is 15.3 Å². The Balaban J connectivity index is 1.91. The number of carbonyl (C=O) groups excluding carboxylic acids is 2. The number of carbonyl (C=O) groups is 3. The van der Waals surface area contributed by atoms with Crippen molar-refractivity contribution in [3.8, 4) is 0 Å². The number of benzene rings is 2. The number of amides is 2. The lowest BCUT2D eigenvalue weighted by atomic mass is 10.0. The number of aromatic carboxylic acids is 1. The van der Waals surface area contributed by atoms with E-state index in [4.69, 9.17) is 0 Å². The molecule has 0 unspecified atom stereocenters. The summed E-state index contributed by atoms with van der Waals surface area (Å²) in [7, 11) is 1.56. The van der Waals surface area contributed by atoms with Crippen molar-refractivity contribution >= 4 is 23.5 Å². The SMILES string of the molecule is Cc1cccc(NC(=O)CN(C)C(=O)CCc2ccccc2C(=O)O)c1C. The highest BCUT2D eigenvalue weighted by atomic mass is 16.4. The van der Waals surface area contributed by atoms with Gasteiger partial charge in [0, 0.05) is 19.2 Å². The van der Waals surface area contributed by atoms with E-state index in [1.54, 1.807) is 25.2 Å². The Labute approximate surface area is 158 Å². The van der Waals surface area contributed by atoms with Crippen molar-refractivity contribution in [1.29, 1.82) is 0 Å². The van der Waals surface area contributed by atoms with Gasteiger partial charge in [0.2, 0.25) is 11.8 Å². The summed E-state index contributed by atoms with van der Waals surface area (Å²) >= 11 is 0. The van der Waals surface area contributed by atoms with Crippen LogP contribution in [0.15, 0.2) is 42.5 Å². The number of nitrogens with zero attached hydrogens (tertiary/aromatic N) is 1. The zero-order valence-electron chi connectivity index (χ0n) is 15.8. The van der Waals surface area contributed by atoms with E-state index >= 15 is 0 Å². The molecule has 6 nitrogen and oxygen atoms in total. The third-order valence-electron chi connectivity index (χ3n) is 4.54. The Kier molecular flexibility index (Phi) is 6.71. The van der Waals surface area contributed by atoms with E-state index in [2.05, 4.69) is 5.32 Å². The second-order valence-corrected chi connectivity index (χ2v) is 6.51. The minimum Gasteiger partial charge on any atom is -0.478 e. The summed E-state index contributed by atoms with van der Waals surface area (Å²) in [5, 5.41) is 12.0. The van der Waals surface area contributed by atoms with Crippen molar-refractivity contribution in [3.05, 3.63) is 64.7 Å². The van der Waals surface area contributed by atoms with E-state index in [9.17, 15) is 19.5 Å². The van der Waals surface area contributed by atoms with E-state index < -0.39 is 5.97 Å². The summed E-state index contributed by atoms with van der Waals surface area (Å²) in [5.41, 5.74) is 3.60. The molecule has 0 spiro atoms. The molecule has 0 atom stereocenters. The molecule has 6 heteroatoms. The molecule has 2 aromatic carbocycles. The minimum absolute atomic E-state index is 0.0627. The highest BCUT2D eigenvalue weighted by molar-refractivity contribution is 5.95. The van der Waals surface area contributed by atoms with Crippen LogP contribution >= 0.6 is 0 Å². The largest absolute Gasteiger partial charge is 0.478 e. The van der Waals surface area contributed by atoms with Gasteiger partial charge in [0.25, 0.3) is 0 Å². The molecule has 0 aromatic heterocycles. The van der Waals surface area contributed by atoms with Gasteiger partial charge in [0.15, 0.2) is 0 Å². The van der Waals surface area contributed by atoms with Crippen molar-refractivity contribution in [2.45, 2.75) is 26.7 Å². The van der Waals surface area contributed by atoms with Crippen LogP contribution in [0.3, 0.4) is 0 Å². The molecule has 0 radical (unpaired) electrons. The van der Waals surface area contributed by atoms with Crippen LogP contribution in [0.4, 0.5) is 5.69 Å². The third-order valence-corrected chi connectivity index (χ3v) is 4.54. The molecular formula is C21H24N2O4. The van der Waals surface area contributed by atoms with Gasteiger partial charge in [-0.3, -0.25) is 9.59 Å². The van der Waals surface area contributed by atoms with Gasteiger partial charge in [-0.15, -0.1) is 0 Å². The topological polar surface area (TPSA) is 86.7 Å². The summed E-state index contributed by atoms with van der Waals surface area (Å²) in [6.07, 6.45) is 0.446. The number of likely N-dealkylation sites (N-methyl/N-ethyl adjacent to an activating group) is 1. The number of carboxylic acids is 1. The molecule has 0 bridgehead atoms. The lowest BCUT2D eigenvalue weighted by molar-refractivity contribution is -0.133. The van der Waals surface area contributed by atoms with Crippen molar-refractivity contribution < 1.29 is 19.5 Å². The smallest absolute Gasteiger partial charge is 0.335 e. The van der Waals surface area contributed by atoms with Gasteiger partial charge in [-0.25, -0.2) is 4.79 Å². The first-order valence-corrected chi connectivity index (χ1v) is 8.71. The van der Waals surface area contributed by atoms with Crippen molar-refractivity contribution in [3.63, 3.8) is 0 Å². The quantitative estimate of drug-likeness (QED) is 0.786. The molecular weight excluding hydrogens is 344 g/mol. The lowest BCUT2D eigenvalue weighted by Crippen LogP contribution is -2.35. The first-order chi connectivity index (χ1) is 12.8. The fraction of sp³-hybridized carbons (Fsp3) is 0.286. The van der Waals surface area contributed by atoms with E-state index in [0.29, 0.717) is 12.0 Å². The molecule has 142 valence electrons. The summed E-state index contributed by atoms with van der Waals surface area (Å²) in [6, 6.07) is 12.3. The van der Waals surface area contributed by atoms with Crippen LogP contribution in [0.5, 0.6) is 0 Å². The van der Waals surface area contributed by atoms with Gasteiger partial charge in [-0.1, -0.05) is 30.3 Å². The Morgan fingerprint density at radius 2 is 1.74 bits per heavy atom. The maximum absolute atomic E-state index is 12.3. The summed E-state index contributed by atoms with van der Waals surface area (Å²) < 4.78 is 0. The Morgan fingerprint density at radius 3 is 2.44 bits per heavy atom. The fourth-order valence-corrected chi connectivity index (χ4v) is 2.76. The second-order valence-electron chi connectivity index (χ2n) is 6.51. The first kappa shape index (κ1) is 20.2. The van der Waals surface area contributed by atoms with Gasteiger partial charge in [-0.2, -0.15) is 0 Å². The second kappa shape index (κ2) is 8.98. The average molecular weight is 368 g/mol. The number of anilines is 1. The van der Waals surface area contributed by atoms with Gasteiger partial charge in [0.1, 0.15) is 0 Å². The predicted octanol–water partition coefficient (Wildman–Crippen LogP) is 3.03. The third kappa shape index (κ3) is 5.41. The number of rotatable bonds is 7. The van der Waals surface area contributed by atoms with E-state index in [1.165, 1.54) is 11.0 Å². The molecule has 0 aliphatic carbocycles. The van der Waals surface area contributed by atoms with Crippen LogP contribution in [-0.2, 0) is 16.0 Å². The molecule has 27 heavy (non-hydrogen) atoms. The predicted molar refractivity (Wildman–Crippen MR) is 104 cm³/mol. The van der Waals surface area contributed by atoms with Crippen LogP contribution < -0.4 is 5.32 Å². The normalized spacial score (nSPS) is 10.3. The molecule has 2 aromatic rings. The monoisotopic (exact) mass is 368 g/mol. The summed E-state index contributed by atoms with van der Waals surface area (Å²) in [4.78, 5) is 37.1. The summed E-state index contributed by atoms with van der Waals surface area (Å²) in [5.74, 6) is -1.50.